The van der Waals surface area contributed by atoms with Crippen LogP contribution in [0.1, 0.15) is 13.8 Å². The normalized spacial score (nSPS) is 9.92. The Morgan fingerprint density at radius 2 is 2.08 bits per heavy atom. The van der Waals surface area contributed by atoms with E-state index in [9.17, 15) is 4.79 Å². The molecule has 0 spiro atoms. The number of rotatable bonds is 6. The van der Waals surface area contributed by atoms with Crippen LogP contribution >= 0.6 is 0 Å². The highest BCUT2D eigenvalue weighted by Crippen LogP contribution is 1.63. The average molecular weight is 171 g/mol. The number of quaternary nitrogens is 1. The molecule has 0 aromatic carbocycles. The van der Waals surface area contributed by atoms with Gasteiger partial charge in [-0.2, -0.15) is 0 Å². The molecule has 0 atom stereocenters. The topological polar surface area (TPSA) is 33.5 Å². The van der Waals surface area contributed by atoms with Gasteiger partial charge in [0.25, 0.3) is 0 Å². The van der Waals surface area contributed by atoms with Crippen molar-refractivity contribution in [3.8, 4) is 0 Å². The van der Waals surface area contributed by atoms with Crippen molar-refractivity contribution in [3.05, 3.63) is 12.7 Å². The van der Waals surface area contributed by atoms with E-state index in [1.165, 1.54) is 11.0 Å². The maximum Gasteiger partial charge on any atom is 0.243 e. The van der Waals surface area contributed by atoms with Crippen LogP contribution in [0.4, 0.5) is 0 Å². The van der Waals surface area contributed by atoms with Gasteiger partial charge in [0, 0.05) is 0 Å². The summed E-state index contributed by atoms with van der Waals surface area (Å²) in [6.45, 7) is 11.6. The third-order valence-electron chi connectivity index (χ3n) is 1.96. The minimum atomic E-state index is -0.0819. The van der Waals surface area contributed by atoms with Gasteiger partial charge in [0.05, 0.1) is 26.2 Å². The third-order valence-corrected chi connectivity index (χ3v) is 1.96. The standard InChI is InChI=1S/C9H18N2O/c1-4-9(12)10-7-8-11(5-2)6-3/h4H,1,5-8H2,2-3H3,(H,10,12)/p+1. The molecule has 12 heavy (non-hydrogen) atoms. The van der Waals surface area contributed by atoms with Crippen molar-refractivity contribution in [1.29, 1.82) is 0 Å². The van der Waals surface area contributed by atoms with Crippen LogP contribution in [0.3, 0.4) is 0 Å². The summed E-state index contributed by atoms with van der Waals surface area (Å²) >= 11 is 0. The summed E-state index contributed by atoms with van der Waals surface area (Å²) in [7, 11) is 0. The van der Waals surface area contributed by atoms with Crippen LogP contribution in [0.25, 0.3) is 0 Å². The van der Waals surface area contributed by atoms with Gasteiger partial charge in [0.2, 0.25) is 5.91 Å². The van der Waals surface area contributed by atoms with Crippen molar-refractivity contribution in [2.24, 2.45) is 0 Å². The second kappa shape index (κ2) is 6.85. The number of amides is 1. The summed E-state index contributed by atoms with van der Waals surface area (Å²) in [5, 5.41) is 2.75. The van der Waals surface area contributed by atoms with Gasteiger partial charge in [-0.1, -0.05) is 6.58 Å². The quantitative estimate of drug-likeness (QED) is 0.505. The summed E-state index contributed by atoms with van der Waals surface area (Å²) in [5.41, 5.74) is 0. The summed E-state index contributed by atoms with van der Waals surface area (Å²) in [6, 6.07) is 0. The second-order valence-corrected chi connectivity index (χ2v) is 2.70. The first kappa shape index (κ1) is 11.2. The Morgan fingerprint density at radius 3 is 2.50 bits per heavy atom. The van der Waals surface area contributed by atoms with E-state index in [0.29, 0.717) is 0 Å². The number of carbonyl (C=O) groups excluding carboxylic acids is 1. The largest absolute Gasteiger partial charge is 0.347 e. The highest BCUT2D eigenvalue weighted by molar-refractivity contribution is 5.86. The smallest absolute Gasteiger partial charge is 0.243 e. The van der Waals surface area contributed by atoms with Crippen molar-refractivity contribution in [3.63, 3.8) is 0 Å². The molecule has 0 unspecified atom stereocenters. The molecule has 70 valence electrons. The molecule has 1 amide bonds. The highest BCUT2D eigenvalue weighted by Gasteiger charge is 2.01. The van der Waals surface area contributed by atoms with Crippen molar-refractivity contribution in [2.45, 2.75) is 13.8 Å². The van der Waals surface area contributed by atoms with E-state index < -0.39 is 0 Å². The zero-order valence-electron chi connectivity index (χ0n) is 8.02. The predicted octanol–water partition coefficient (Wildman–Crippen LogP) is -0.787. The second-order valence-electron chi connectivity index (χ2n) is 2.70. The zero-order valence-corrected chi connectivity index (χ0v) is 8.02. The molecular weight excluding hydrogens is 152 g/mol. The first-order valence-corrected chi connectivity index (χ1v) is 4.48. The van der Waals surface area contributed by atoms with Gasteiger partial charge >= 0.3 is 0 Å². The van der Waals surface area contributed by atoms with Crippen molar-refractivity contribution >= 4 is 5.91 Å². The molecule has 3 heteroatoms. The molecule has 0 aliphatic rings. The monoisotopic (exact) mass is 171 g/mol. The molecule has 2 N–H and O–H groups in total. The van der Waals surface area contributed by atoms with Gasteiger partial charge in [0.15, 0.2) is 0 Å². The Bertz CT molecular complexity index is 141. The molecule has 0 heterocycles. The fourth-order valence-electron chi connectivity index (χ4n) is 1.04. The minimum absolute atomic E-state index is 0.0819. The molecular formula is C9H19N2O+. The third kappa shape index (κ3) is 4.91. The first-order valence-electron chi connectivity index (χ1n) is 4.48. The van der Waals surface area contributed by atoms with E-state index in [0.717, 1.165) is 26.2 Å². The highest BCUT2D eigenvalue weighted by atomic mass is 16.1. The number of likely N-dealkylation sites (N-methyl/N-ethyl adjacent to an activating group) is 1. The molecule has 0 fully saturated rings. The average Bonchev–Trinajstić information content (AvgIpc) is 2.12. The Hall–Kier alpha value is -0.830. The van der Waals surface area contributed by atoms with E-state index in [1.54, 1.807) is 0 Å². The molecule has 0 saturated heterocycles. The molecule has 0 bridgehead atoms. The van der Waals surface area contributed by atoms with E-state index in [1.807, 2.05) is 0 Å². The summed E-state index contributed by atoms with van der Waals surface area (Å²) < 4.78 is 0. The predicted molar refractivity (Wildman–Crippen MR) is 50.1 cm³/mol. The van der Waals surface area contributed by atoms with Crippen LogP contribution in [0, 0.1) is 0 Å². The van der Waals surface area contributed by atoms with Crippen LogP contribution in [0.5, 0.6) is 0 Å². The fourth-order valence-corrected chi connectivity index (χ4v) is 1.04. The summed E-state index contributed by atoms with van der Waals surface area (Å²) in [6.07, 6.45) is 1.30. The van der Waals surface area contributed by atoms with Crippen LogP contribution in [-0.2, 0) is 4.79 Å². The SMILES string of the molecule is C=CC(=O)NCC[NH+](CC)CC. The van der Waals surface area contributed by atoms with Crippen LogP contribution in [0.15, 0.2) is 12.7 Å². The summed E-state index contributed by atoms with van der Waals surface area (Å²) in [4.78, 5) is 12.2. The molecule has 0 aliphatic heterocycles. The van der Waals surface area contributed by atoms with Gasteiger partial charge in [-0.15, -0.1) is 0 Å². The molecule has 0 aromatic heterocycles. The number of carbonyl (C=O) groups is 1. The molecule has 0 aromatic rings. The maximum atomic E-state index is 10.7. The van der Waals surface area contributed by atoms with E-state index >= 15 is 0 Å². The Balaban J connectivity index is 3.40. The molecule has 3 nitrogen and oxygen atoms in total. The van der Waals surface area contributed by atoms with E-state index in [-0.39, 0.29) is 5.91 Å². The van der Waals surface area contributed by atoms with Crippen LogP contribution in [-0.4, -0.2) is 32.1 Å². The number of nitrogens with one attached hydrogen (secondary N) is 2. The Labute approximate surface area is 74.4 Å². The van der Waals surface area contributed by atoms with Crippen molar-refractivity contribution in [2.75, 3.05) is 26.2 Å². The lowest BCUT2D eigenvalue weighted by molar-refractivity contribution is -0.895. The van der Waals surface area contributed by atoms with E-state index in [4.69, 9.17) is 0 Å². The van der Waals surface area contributed by atoms with Gasteiger partial charge < -0.3 is 10.2 Å². The lowest BCUT2D eigenvalue weighted by atomic mass is 10.4. The molecule has 0 saturated carbocycles. The maximum absolute atomic E-state index is 10.7. The van der Waals surface area contributed by atoms with E-state index in [2.05, 4.69) is 25.7 Å². The molecule has 0 radical (unpaired) electrons. The Morgan fingerprint density at radius 1 is 1.50 bits per heavy atom. The number of hydrogen-bond donors (Lipinski definition) is 2. The van der Waals surface area contributed by atoms with Gasteiger partial charge in [-0.25, -0.2) is 0 Å². The van der Waals surface area contributed by atoms with Crippen LogP contribution in [0.2, 0.25) is 0 Å². The van der Waals surface area contributed by atoms with Gasteiger partial charge in [0.1, 0.15) is 0 Å². The molecule has 0 rings (SSSR count). The van der Waals surface area contributed by atoms with Crippen LogP contribution < -0.4 is 10.2 Å². The number of hydrogen-bond acceptors (Lipinski definition) is 1. The first-order chi connectivity index (χ1) is 5.74. The lowest BCUT2D eigenvalue weighted by Gasteiger charge is -2.14. The summed E-state index contributed by atoms with van der Waals surface area (Å²) in [5.74, 6) is -0.0819. The van der Waals surface area contributed by atoms with Crippen molar-refractivity contribution in [1.82, 2.24) is 5.32 Å². The minimum Gasteiger partial charge on any atom is -0.347 e. The lowest BCUT2D eigenvalue weighted by Crippen LogP contribution is -3.12. The van der Waals surface area contributed by atoms with Gasteiger partial charge in [-0.05, 0) is 19.9 Å². The molecule has 0 aliphatic carbocycles. The Kier molecular flexibility index (Phi) is 6.38. The van der Waals surface area contributed by atoms with Gasteiger partial charge in [-0.3, -0.25) is 4.79 Å². The zero-order chi connectivity index (χ0) is 9.40. The van der Waals surface area contributed by atoms with Crippen molar-refractivity contribution < 1.29 is 9.69 Å². The fraction of sp³-hybridized carbons (Fsp3) is 0.667.